The molecule has 120 valence electrons. The van der Waals surface area contributed by atoms with E-state index < -0.39 is 5.97 Å². The van der Waals surface area contributed by atoms with Crippen molar-refractivity contribution in [2.45, 2.75) is 31.7 Å². The first-order valence-electron chi connectivity index (χ1n) is 7.73. The van der Waals surface area contributed by atoms with Crippen molar-refractivity contribution in [2.75, 3.05) is 45.9 Å². The Kier molecular flexibility index (Phi) is 6.25. The monoisotopic (exact) mass is 299 g/mol. The SMILES string of the molecule is O=C(O)CCN(C(=O)NCCCN1CCOCC1)C1CC1. The molecule has 7 heteroatoms. The predicted octanol–water partition coefficient (Wildman–Crippen LogP) is 0.357. The average Bonchev–Trinajstić information content (AvgIpc) is 3.29. The zero-order valence-electron chi connectivity index (χ0n) is 12.4. The number of nitrogens with zero attached hydrogens (tertiary/aromatic N) is 2. The van der Waals surface area contributed by atoms with Gasteiger partial charge in [-0.3, -0.25) is 9.69 Å². The third-order valence-corrected chi connectivity index (χ3v) is 3.85. The van der Waals surface area contributed by atoms with Crippen LogP contribution in [0.25, 0.3) is 0 Å². The van der Waals surface area contributed by atoms with Gasteiger partial charge in [-0.2, -0.15) is 0 Å². The van der Waals surface area contributed by atoms with E-state index in [0.29, 0.717) is 13.1 Å². The van der Waals surface area contributed by atoms with Gasteiger partial charge in [0.1, 0.15) is 0 Å². The first-order chi connectivity index (χ1) is 10.2. The van der Waals surface area contributed by atoms with Crippen molar-refractivity contribution >= 4 is 12.0 Å². The number of carboxylic acid groups (broad SMARTS) is 1. The Hall–Kier alpha value is -1.34. The topological polar surface area (TPSA) is 82.1 Å². The van der Waals surface area contributed by atoms with E-state index in [4.69, 9.17) is 9.84 Å². The standard InChI is InChI=1S/C14H25N3O4/c18-13(19)4-7-17(12-2-3-12)14(20)15-5-1-6-16-8-10-21-11-9-16/h12H,1-11H2,(H,15,20)(H,18,19). The van der Waals surface area contributed by atoms with Crippen LogP contribution in [0.3, 0.4) is 0 Å². The lowest BCUT2D eigenvalue weighted by molar-refractivity contribution is -0.137. The molecule has 2 fully saturated rings. The van der Waals surface area contributed by atoms with E-state index in [-0.39, 0.29) is 18.5 Å². The van der Waals surface area contributed by atoms with E-state index in [9.17, 15) is 9.59 Å². The van der Waals surface area contributed by atoms with Gasteiger partial charge in [0.05, 0.1) is 19.6 Å². The van der Waals surface area contributed by atoms with Crippen molar-refractivity contribution in [3.05, 3.63) is 0 Å². The maximum absolute atomic E-state index is 12.1. The molecule has 1 saturated heterocycles. The molecule has 1 aliphatic heterocycles. The average molecular weight is 299 g/mol. The summed E-state index contributed by atoms with van der Waals surface area (Å²) in [4.78, 5) is 26.7. The highest BCUT2D eigenvalue weighted by Crippen LogP contribution is 2.26. The van der Waals surface area contributed by atoms with Gasteiger partial charge in [-0.1, -0.05) is 0 Å². The minimum absolute atomic E-state index is 0.0116. The van der Waals surface area contributed by atoms with Gasteiger partial charge in [-0.15, -0.1) is 0 Å². The molecule has 0 bridgehead atoms. The molecule has 0 aromatic rings. The number of hydrogen-bond donors (Lipinski definition) is 2. The van der Waals surface area contributed by atoms with Gasteiger partial charge in [0.2, 0.25) is 0 Å². The highest BCUT2D eigenvalue weighted by atomic mass is 16.5. The van der Waals surface area contributed by atoms with E-state index in [1.807, 2.05) is 0 Å². The number of hydrogen-bond acceptors (Lipinski definition) is 4. The number of aliphatic carboxylic acids is 1. The molecule has 0 spiro atoms. The fourth-order valence-corrected chi connectivity index (χ4v) is 2.48. The molecule has 2 N–H and O–H groups in total. The van der Waals surface area contributed by atoms with E-state index in [2.05, 4.69) is 10.2 Å². The van der Waals surface area contributed by atoms with Crippen molar-refractivity contribution in [3.63, 3.8) is 0 Å². The Morgan fingerprint density at radius 2 is 2.00 bits per heavy atom. The van der Waals surface area contributed by atoms with Crippen molar-refractivity contribution in [1.82, 2.24) is 15.1 Å². The second kappa shape index (κ2) is 8.19. The van der Waals surface area contributed by atoms with Gasteiger partial charge < -0.3 is 20.1 Å². The molecule has 2 aliphatic rings. The largest absolute Gasteiger partial charge is 0.481 e. The summed E-state index contributed by atoms with van der Waals surface area (Å²) in [5.41, 5.74) is 0. The first kappa shape index (κ1) is 16.0. The molecular weight excluding hydrogens is 274 g/mol. The number of carbonyl (C=O) groups is 2. The van der Waals surface area contributed by atoms with Crippen LogP contribution in [-0.2, 0) is 9.53 Å². The number of carbonyl (C=O) groups excluding carboxylic acids is 1. The summed E-state index contributed by atoms with van der Waals surface area (Å²) in [6, 6.07) is 0.115. The summed E-state index contributed by atoms with van der Waals surface area (Å²) in [7, 11) is 0. The molecule has 1 aliphatic carbocycles. The molecule has 2 rings (SSSR count). The Morgan fingerprint density at radius 1 is 1.29 bits per heavy atom. The second-order valence-corrected chi connectivity index (χ2v) is 5.61. The van der Waals surface area contributed by atoms with E-state index >= 15 is 0 Å². The molecule has 0 aromatic carbocycles. The van der Waals surface area contributed by atoms with E-state index in [0.717, 1.165) is 52.1 Å². The van der Waals surface area contributed by atoms with Crippen molar-refractivity contribution < 1.29 is 19.4 Å². The van der Waals surface area contributed by atoms with Crippen LogP contribution in [0.15, 0.2) is 0 Å². The molecule has 0 aromatic heterocycles. The molecule has 2 amide bonds. The Bertz CT molecular complexity index is 354. The first-order valence-corrected chi connectivity index (χ1v) is 7.73. The molecule has 7 nitrogen and oxygen atoms in total. The van der Waals surface area contributed by atoms with Gasteiger partial charge in [-0.25, -0.2) is 4.79 Å². The third kappa shape index (κ3) is 5.89. The number of rotatable bonds is 8. The lowest BCUT2D eigenvalue weighted by Crippen LogP contribution is -2.43. The lowest BCUT2D eigenvalue weighted by Gasteiger charge is -2.27. The summed E-state index contributed by atoms with van der Waals surface area (Å²) < 4.78 is 5.29. The van der Waals surface area contributed by atoms with Crippen LogP contribution in [0.4, 0.5) is 4.79 Å². The van der Waals surface area contributed by atoms with Crippen LogP contribution in [-0.4, -0.2) is 78.9 Å². The fraction of sp³-hybridized carbons (Fsp3) is 0.857. The molecule has 21 heavy (non-hydrogen) atoms. The summed E-state index contributed by atoms with van der Waals surface area (Å²) >= 11 is 0. The smallest absolute Gasteiger partial charge is 0.317 e. The van der Waals surface area contributed by atoms with Gasteiger partial charge >= 0.3 is 12.0 Å². The summed E-state index contributed by atoms with van der Waals surface area (Å²) in [5.74, 6) is -0.860. The van der Waals surface area contributed by atoms with Crippen LogP contribution >= 0.6 is 0 Å². The number of carboxylic acids is 1. The molecular formula is C14H25N3O4. The highest BCUT2D eigenvalue weighted by molar-refractivity contribution is 5.76. The normalized spacial score (nSPS) is 19.2. The highest BCUT2D eigenvalue weighted by Gasteiger charge is 2.32. The number of amides is 2. The minimum Gasteiger partial charge on any atom is -0.481 e. The molecule has 0 radical (unpaired) electrons. The van der Waals surface area contributed by atoms with Crippen LogP contribution in [0.1, 0.15) is 25.7 Å². The van der Waals surface area contributed by atoms with E-state index in [1.54, 1.807) is 4.90 Å². The summed E-state index contributed by atoms with van der Waals surface area (Å²) in [6.45, 7) is 5.39. The Balaban J connectivity index is 1.61. The summed E-state index contributed by atoms with van der Waals surface area (Å²) in [5, 5.41) is 11.6. The van der Waals surface area contributed by atoms with Crippen LogP contribution in [0, 0.1) is 0 Å². The van der Waals surface area contributed by atoms with Gasteiger partial charge in [-0.05, 0) is 25.8 Å². The number of urea groups is 1. The number of ether oxygens (including phenoxy) is 1. The van der Waals surface area contributed by atoms with Gasteiger partial charge in [0, 0.05) is 32.2 Å². The van der Waals surface area contributed by atoms with Crippen LogP contribution < -0.4 is 5.32 Å². The third-order valence-electron chi connectivity index (χ3n) is 3.85. The Morgan fingerprint density at radius 3 is 2.62 bits per heavy atom. The maximum atomic E-state index is 12.1. The van der Waals surface area contributed by atoms with Gasteiger partial charge in [0.25, 0.3) is 0 Å². The van der Waals surface area contributed by atoms with Crippen LogP contribution in [0.2, 0.25) is 0 Å². The number of morpholine rings is 1. The Labute approximate surface area is 125 Å². The molecule has 1 heterocycles. The lowest BCUT2D eigenvalue weighted by atomic mass is 10.3. The summed E-state index contributed by atoms with van der Waals surface area (Å²) in [6.07, 6.45) is 2.89. The molecule has 0 unspecified atom stereocenters. The fourth-order valence-electron chi connectivity index (χ4n) is 2.48. The van der Waals surface area contributed by atoms with Gasteiger partial charge in [0.15, 0.2) is 0 Å². The minimum atomic E-state index is -0.860. The van der Waals surface area contributed by atoms with Crippen molar-refractivity contribution in [2.24, 2.45) is 0 Å². The van der Waals surface area contributed by atoms with Crippen LogP contribution in [0.5, 0.6) is 0 Å². The quantitative estimate of drug-likeness (QED) is 0.632. The second-order valence-electron chi connectivity index (χ2n) is 5.61. The van der Waals surface area contributed by atoms with Crippen molar-refractivity contribution in [3.8, 4) is 0 Å². The van der Waals surface area contributed by atoms with Crippen molar-refractivity contribution in [1.29, 1.82) is 0 Å². The van der Waals surface area contributed by atoms with E-state index in [1.165, 1.54) is 0 Å². The predicted molar refractivity (Wildman–Crippen MR) is 77.3 cm³/mol. The molecule has 1 saturated carbocycles. The zero-order valence-corrected chi connectivity index (χ0v) is 12.4. The number of nitrogens with one attached hydrogen (secondary N) is 1. The molecule has 0 atom stereocenters. The maximum Gasteiger partial charge on any atom is 0.317 e. The zero-order chi connectivity index (χ0) is 15.1.